The maximum Gasteiger partial charge on any atom is 0.120 e. The van der Waals surface area contributed by atoms with E-state index in [-0.39, 0.29) is 0 Å². The Kier molecular flexibility index (Phi) is 3.27. The number of nitrogens with one attached hydrogen (secondary N) is 1. The number of furan rings is 1. The van der Waals surface area contributed by atoms with Crippen LogP contribution in [-0.4, -0.2) is 6.04 Å². The van der Waals surface area contributed by atoms with Crippen LogP contribution in [0.15, 0.2) is 28.7 Å². The van der Waals surface area contributed by atoms with Gasteiger partial charge in [0.15, 0.2) is 0 Å². The SMILES string of the molecule is Cc1ccc(C(C)NC2CC=CCC2)o1. The second-order valence-electron chi connectivity index (χ2n) is 4.32. The van der Waals surface area contributed by atoms with Crippen LogP contribution in [0.2, 0.25) is 0 Å². The first kappa shape index (κ1) is 10.5. The third-order valence-corrected chi connectivity index (χ3v) is 2.94. The molecule has 0 bridgehead atoms. The van der Waals surface area contributed by atoms with Gasteiger partial charge in [-0.2, -0.15) is 0 Å². The summed E-state index contributed by atoms with van der Waals surface area (Å²) in [6, 6.07) is 5.01. The van der Waals surface area contributed by atoms with Gasteiger partial charge in [0.2, 0.25) is 0 Å². The summed E-state index contributed by atoms with van der Waals surface area (Å²) in [5.74, 6) is 2.03. The molecule has 1 aliphatic carbocycles. The van der Waals surface area contributed by atoms with Crippen LogP contribution >= 0.6 is 0 Å². The van der Waals surface area contributed by atoms with Gasteiger partial charge < -0.3 is 9.73 Å². The molecule has 0 fully saturated rings. The fraction of sp³-hybridized carbons (Fsp3) is 0.538. The van der Waals surface area contributed by atoms with Gasteiger partial charge in [-0.05, 0) is 45.2 Å². The lowest BCUT2D eigenvalue weighted by Crippen LogP contribution is -2.31. The van der Waals surface area contributed by atoms with Crippen molar-refractivity contribution in [3.8, 4) is 0 Å². The average Bonchev–Trinajstić information content (AvgIpc) is 2.66. The molecule has 2 atom stereocenters. The molecule has 0 saturated heterocycles. The Bertz CT molecular complexity index is 340. The molecule has 15 heavy (non-hydrogen) atoms. The zero-order valence-electron chi connectivity index (χ0n) is 9.49. The molecule has 0 saturated carbocycles. The lowest BCUT2D eigenvalue weighted by Gasteiger charge is -2.22. The molecule has 0 amide bonds. The van der Waals surface area contributed by atoms with Crippen molar-refractivity contribution in [1.29, 1.82) is 0 Å². The lowest BCUT2D eigenvalue weighted by atomic mass is 10.0. The van der Waals surface area contributed by atoms with Crippen LogP contribution in [0.3, 0.4) is 0 Å². The summed E-state index contributed by atoms with van der Waals surface area (Å²) in [6.45, 7) is 4.15. The van der Waals surface area contributed by atoms with E-state index in [1.54, 1.807) is 0 Å². The van der Waals surface area contributed by atoms with Gasteiger partial charge in [0.1, 0.15) is 11.5 Å². The number of rotatable bonds is 3. The Morgan fingerprint density at radius 1 is 1.40 bits per heavy atom. The Hall–Kier alpha value is -1.02. The quantitative estimate of drug-likeness (QED) is 0.765. The molecule has 1 aromatic rings. The van der Waals surface area contributed by atoms with Crippen LogP contribution in [0.1, 0.15) is 43.7 Å². The van der Waals surface area contributed by atoms with E-state index in [1.807, 2.05) is 13.0 Å². The zero-order chi connectivity index (χ0) is 10.7. The maximum absolute atomic E-state index is 5.61. The molecule has 1 N–H and O–H groups in total. The Labute approximate surface area is 91.4 Å². The van der Waals surface area contributed by atoms with E-state index < -0.39 is 0 Å². The second kappa shape index (κ2) is 4.67. The minimum Gasteiger partial charge on any atom is -0.465 e. The largest absolute Gasteiger partial charge is 0.465 e. The molecule has 0 aliphatic heterocycles. The third-order valence-electron chi connectivity index (χ3n) is 2.94. The van der Waals surface area contributed by atoms with Crippen molar-refractivity contribution in [3.63, 3.8) is 0 Å². The Morgan fingerprint density at radius 2 is 2.27 bits per heavy atom. The van der Waals surface area contributed by atoms with Crippen molar-refractivity contribution in [2.24, 2.45) is 0 Å². The molecular weight excluding hydrogens is 186 g/mol. The van der Waals surface area contributed by atoms with E-state index in [9.17, 15) is 0 Å². The zero-order valence-corrected chi connectivity index (χ0v) is 9.49. The van der Waals surface area contributed by atoms with Crippen LogP contribution in [0.4, 0.5) is 0 Å². The van der Waals surface area contributed by atoms with Gasteiger partial charge in [0, 0.05) is 6.04 Å². The molecule has 2 unspecified atom stereocenters. The van der Waals surface area contributed by atoms with Gasteiger partial charge in [0.05, 0.1) is 6.04 Å². The molecule has 1 aromatic heterocycles. The van der Waals surface area contributed by atoms with Gasteiger partial charge in [-0.3, -0.25) is 0 Å². The van der Waals surface area contributed by atoms with Crippen molar-refractivity contribution in [2.75, 3.05) is 0 Å². The first-order valence-corrected chi connectivity index (χ1v) is 5.73. The molecule has 0 aromatic carbocycles. The van der Waals surface area contributed by atoms with E-state index >= 15 is 0 Å². The first-order chi connectivity index (χ1) is 7.25. The van der Waals surface area contributed by atoms with E-state index in [0.29, 0.717) is 12.1 Å². The number of hydrogen-bond donors (Lipinski definition) is 1. The highest BCUT2D eigenvalue weighted by Crippen LogP contribution is 2.19. The molecule has 1 aliphatic rings. The second-order valence-corrected chi connectivity index (χ2v) is 4.32. The van der Waals surface area contributed by atoms with Gasteiger partial charge in [-0.25, -0.2) is 0 Å². The summed E-state index contributed by atoms with van der Waals surface area (Å²) < 4.78 is 5.61. The topological polar surface area (TPSA) is 25.2 Å². The summed E-state index contributed by atoms with van der Waals surface area (Å²) in [4.78, 5) is 0. The van der Waals surface area contributed by atoms with Crippen molar-refractivity contribution in [1.82, 2.24) is 5.32 Å². The summed E-state index contributed by atoms with van der Waals surface area (Å²) in [7, 11) is 0. The molecule has 1 heterocycles. The fourth-order valence-corrected chi connectivity index (χ4v) is 2.07. The van der Waals surface area contributed by atoms with Crippen LogP contribution in [0, 0.1) is 6.92 Å². The standard InChI is InChI=1S/C13H19NO/c1-10-8-9-13(15-10)11(2)14-12-6-4-3-5-7-12/h3-4,8-9,11-12,14H,5-7H2,1-2H3. The summed E-state index contributed by atoms with van der Waals surface area (Å²) in [6.07, 6.45) is 8.10. The Balaban J connectivity index is 1.91. The van der Waals surface area contributed by atoms with Crippen molar-refractivity contribution >= 4 is 0 Å². The molecule has 2 rings (SSSR count). The smallest absolute Gasteiger partial charge is 0.120 e. The number of aryl methyl sites for hydroxylation is 1. The van der Waals surface area contributed by atoms with Gasteiger partial charge in [-0.15, -0.1) is 0 Å². The van der Waals surface area contributed by atoms with Gasteiger partial charge in [-0.1, -0.05) is 12.2 Å². The van der Waals surface area contributed by atoms with E-state index in [1.165, 1.54) is 12.8 Å². The van der Waals surface area contributed by atoms with Crippen molar-refractivity contribution < 1.29 is 4.42 Å². The minimum atomic E-state index is 0.315. The minimum absolute atomic E-state index is 0.315. The third kappa shape index (κ3) is 2.72. The predicted octanol–water partition coefficient (Wildman–Crippen LogP) is 3.35. The summed E-state index contributed by atoms with van der Waals surface area (Å²) >= 11 is 0. The van der Waals surface area contributed by atoms with E-state index in [4.69, 9.17) is 4.42 Å². The Morgan fingerprint density at radius 3 is 2.87 bits per heavy atom. The van der Waals surface area contributed by atoms with Crippen molar-refractivity contribution in [3.05, 3.63) is 35.8 Å². The molecular formula is C13H19NO. The highest BCUT2D eigenvalue weighted by Gasteiger charge is 2.15. The first-order valence-electron chi connectivity index (χ1n) is 5.73. The predicted molar refractivity (Wildman–Crippen MR) is 61.8 cm³/mol. The summed E-state index contributed by atoms with van der Waals surface area (Å²) in [5.41, 5.74) is 0. The number of hydrogen-bond acceptors (Lipinski definition) is 2. The van der Waals surface area contributed by atoms with Gasteiger partial charge in [0.25, 0.3) is 0 Å². The molecule has 82 valence electrons. The van der Waals surface area contributed by atoms with Crippen LogP contribution in [-0.2, 0) is 0 Å². The average molecular weight is 205 g/mol. The molecule has 2 heteroatoms. The highest BCUT2D eigenvalue weighted by atomic mass is 16.3. The monoisotopic (exact) mass is 205 g/mol. The maximum atomic E-state index is 5.61. The summed E-state index contributed by atoms with van der Waals surface area (Å²) in [5, 5.41) is 3.60. The van der Waals surface area contributed by atoms with Crippen LogP contribution < -0.4 is 5.32 Å². The van der Waals surface area contributed by atoms with Crippen molar-refractivity contribution in [2.45, 2.75) is 45.2 Å². The normalized spacial score (nSPS) is 22.9. The fourth-order valence-electron chi connectivity index (χ4n) is 2.07. The highest BCUT2D eigenvalue weighted by molar-refractivity contribution is 5.09. The molecule has 2 nitrogen and oxygen atoms in total. The number of allylic oxidation sites excluding steroid dienone is 1. The molecule has 0 radical (unpaired) electrons. The van der Waals surface area contributed by atoms with Crippen LogP contribution in [0.5, 0.6) is 0 Å². The van der Waals surface area contributed by atoms with Gasteiger partial charge >= 0.3 is 0 Å². The van der Waals surface area contributed by atoms with E-state index in [0.717, 1.165) is 17.9 Å². The van der Waals surface area contributed by atoms with E-state index in [2.05, 4.69) is 30.5 Å². The van der Waals surface area contributed by atoms with Crippen LogP contribution in [0.25, 0.3) is 0 Å². The lowest BCUT2D eigenvalue weighted by molar-refractivity contribution is 0.366. The molecule has 0 spiro atoms.